The van der Waals surface area contributed by atoms with Crippen molar-refractivity contribution in [2.45, 2.75) is 12.8 Å². The van der Waals surface area contributed by atoms with Gasteiger partial charge in [0.25, 0.3) is 5.91 Å². The Morgan fingerprint density at radius 1 is 1.33 bits per heavy atom. The molecule has 8 nitrogen and oxygen atoms in total. The molecule has 0 radical (unpaired) electrons. The number of likely N-dealkylation sites (tertiary alicyclic amines) is 1. The smallest absolute Gasteiger partial charge is 0.268 e. The van der Waals surface area contributed by atoms with Crippen LogP contribution in [0.1, 0.15) is 23.3 Å². The molecule has 8 heteroatoms. The lowest BCUT2D eigenvalue weighted by atomic mass is 9.96. The first-order valence-corrected chi connectivity index (χ1v) is 7.85. The number of piperidine rings is 1. The number of hydrogen-bond acceptors (Lipinski definition) is 4. The Bertz CT molecular complexity index is 783. The number of fused-ring (bicyclic) bond motifs is 1. The maximum atomic E-state index is 12.3. The Morgan fingerprint density at radius 3 is 2.67 bits per heavy atom. The van der Waals surface area contributed by atoms with Crippen molar-refractivity contribution >= 4 is 28.8 Å². The van der Waals surface area contributed by atoms with E-state index in [-0.39, 0.29) is 30.2 Å². The first-order chi connectivity index (χ1) is 11.5. The number of aromatic nitrogens is 1. The van der Waals surface area contributed by atoms with Crippen molar-refractivity contribution in [2.75, 3.05) is 19.6 Å². The number of carbonyl (C=O) groups is 3. The van der Waals surface area contributed by atoms with Gasteiger partial charge >= 0.3 is 0 Å². The van der Waals surface area contributed by atoms with Gasteiger partial charge < -0.3 is 24.9 Å². The number of amides is 3. The lowest BCUT2D eigenvalue weighted by molar-refractivity contribution is -0.133. The van der Waals surface area contributed by atoms with Gasteiger partial charge in [-0.15, -0.1) is 0 Å². The van der Waals surface area contributed by atoms with Gasteiger partial charge in [0.1, 0.15) is 5.69 Å². The zero-order valence-corrected chi connectivity index (χ0v) is 13.4. The van der Waals surface area contributed by atoms with Crippen LogP contribution in [0.25, 0.3) is 11.1 Å². The summed E-state index contributed by atoms with van der Waals surface area (Å²) in [4.78, 5) is 37.2. The number of primary amides is 1. The van der Waals surface area contributed by atoms with Crippen LogP contribution in [0.2, 0.25) is 0 Å². The third-order valence-corrected chi connectivity index (χ3v) is 4.55. The van der Waals surface area contributed by atoms with Gasteiger partial charge in [0, 0.05) is 38.2 Å². The summed E-state index contributed by atoms with van der Waals surface area (Å²) in [5.74, 6) is -0.973. The van der Waals surface area contributed by atoms with E-state index in [1.54, 1.807) is 34.9 Å². The summed E-state index contributed by atoms with van der Waals surface area (Å²) in [7, 11) is 1.77. The van der Waals surface area contributed by atoms with Crippen LogP contribution in [-0.4, -0.2) is 46.8 Å². The van der Waals surface area contributed by atoms with Crippen molar-refractivity contribution in [3.63, 3.8) is 0 Å². The zero-order chi connectivity index (χ0) is 17.3. The largest absolute Gasteiger partial charge is 0.463 e. The van der Waals surface area contributed by atoms with Crippen molar-refractivity contribution in [1.29, 1.82) is 0 Å². The van der Waals surface area contributed by atoms with Gasteiger partial charge in [-0.2, -0.15) is 0 Å². The Labute approximate surface area is 138 Å². The fourth-order valence-electron chi connectivity index (χ4n) is 3.04. The topological polar surface area (TPSA) is 111 Å². The van der Waals surface area contributed by atoms with E-state index in [9.17, 15) is 14.4 Å². The van der Waals surface area contributed by atoms with Crippen molar-refractivity contribution < 1.29 is 18.8 Å². The molecule has 0 bridgehead atoms. The summed E-state index contributed by atoms with van der Waals surface area (Å²) in [6.07, 6.45) is 2.71. The summed E-state index contributed by atoms with van der Waals surface area (Å²) in [6, 6.07) is 3.42. The van der Waals surface area contributed by atoms with Crippen LogP contribution in [0.3, 0.4) is 0 Å². The number of nitrogens with one attached hydrogen (secondary N) is 1. The molecule has 2 aromatic rings. The van der Waals surface area contributed by atoms with E-state index in [1.807, 2.05) is 0 Å². The summed E-state index contributed by atoms with van der Waals surface area (Å²) in [5.41, 5.74) is 7.16. The molecule has 0 spiro atoms. The fraction of sp³-hybridized carbons (Fsp3) is 0.438. The van der Waals surface area contributed by atoms with E-state index in [2.05, 4.69) is 5.32 Å². The van der Waals surface area contributed by atoms with Crippen LogP contribution in [0.15, 0.2) is 22.8 Å². The first-order valence-electron chi connectivity index (χ1n) is 7.85. The highest BCUT2D eigenvalue weighted by atomic mass is 16.3. The maximum absolute atomic E-state index is 12.3. The van der Waals surface area contributed by atoms with Crippen molar-refractivity contribution in [1.82, 2.24) is 14.8 Å². The van der Waals surface area contributed by atoms with Gasteiger partial charge in [0.05, 0.1) is 18.3 Å². The van der Waals surface area contributed by atoms with Crippen LogP contribution in [-0.2, 0) is 16.6 Å². The number of aryl methyl sites for hydroxylation is 1. The van der Waals surface area contributed by atoms with E-state index in [0.29, 0.717) is 37.2 Å². The van der Waals surface area contributed by atoms with Crippen LogP contribution in [0.5, 0.6) is 0 Å². The molecule has 3 amide bonds. The molecule has 0 aliphatic carbocycles. The Balaban J connectivity index is 1.54. The van der Waals surface area contributed by atoms with Gasteiger partial charge in [0.15, 0.2) is 5.58 Å². The van der Waals surface area contributed by atoms with Gasteiger partial charge in [-0.3, -0.25) is 14.4 Å². The summed E-state index contributed by atoms with van der Waals surface area (Å²) < 4.78 is 6.99. The van der Waals surface area contributed by atoms with Gasteiger partial charge in [-0.25, -0.2) is 0 Å². The van der Waals surface area contributed by atoms with Crippen molar-refractivity contribution in [3.8, 4) is 0 Å². The molecule has 1 aliphatic rings. The zero-order valence-electron chi connectivity index (χ0n) is 13.4. The molecule has 1 fully saturated rings. The molecule has 128 valence electrons. The highest BCUT2D eigenvalue weighted by Gasteiger charge is 2.26. The molecule has 0 saturated carbocycles. The molecule has 3 N–H and O–H groups in total. The lowest BCUT2D eigenvalue weighted by Crippen LogP contribution is -2.45. The predicted molar refractivity (Wildman–Crippen MR) is 86.0 cm³/mol. The minimum atomic E-state index is -0.329. The van der Waals surface area contributed by atoms with Crippen LogP contribution >= 0.6 is 0 Å². The van der Waals surface area contributed by atoms with Gasteiger partial charge in [-0.1, -0.05) is 0 Å². The standard InChI is InChI=1S/C16H20N4O4/c1-19-11-4-7-24-13(11)8-12(19)16(23)18-9-14(21)20-5-2-10(3-6-20)15(17)22/h4,7-8,10H,2-3,5-6,9H2,1H3,(H2,17,22)(H,18,23). The number of nitrogens with two attached hydrogens (primary N) is 1. The molecular formula is C16H20N4O4. The molecule has 0 unspecified atom stereocenters. The maximum Gasteiger partial charge on any atom is 0.268 e. The van der Waals surface area contributed by atoms with Crippen LogP contribution in [0.4, 0.5) is 0 Å². The van der Waals surface area contributed by atoms with Crippen molar-refractivity contribution in [3.05, 3.63) is 24.1 Å². The minimum absolute atomic E-state index is 0.0768. The summed E-state index contributed by atoms with van der Waals surface area (Å²) in [6.45, 7) is 0.894. The third kappa shape index (κ3) is 2.99. The number of carbonyl (C=O) groups excluding carboxylic acids is 3. The molecule has 2 aromatic heterocycles. The minimum Gasteiger partial charge on any atom is -0.463 e. The average Bonchev–Trinajstić information content (AvgIpc) is 3.15. The quantitative estimate of drug-likeness (QED) is 0.834. The first kappa shape index (κ1) is 16.1. The fourth-order valence-corrected chi connectivity index (χ4v) is 3.04. The average molecular weight is 332 g/mol. The summed E-state index contributed by atoms with van der Waals surface area (Å²) in [5, 5.41) is 2.64. The predicted octanol–water partition coefficient (Wildman–Crippen LogP) is 0.225. The summed E-state index contributed by atoms with van der Waals surface area (Å²) >= 11 is 0. The van der Waals surface area contributed by atoms with Crippen LogP contribution < -0.4 is 11.1 Å². The van der Waals surface area contributed by atoms with E-state index < -0.39 is 0 Å². The third-order valence-electron chi connectivity index (χ3n) is 4.55. The van der Waals surface area contributed by atoms with E-state index in [0.717, 1.165) is 5.52 Å². The molecule has 3 heterocycles. The molecule has 1 saturated heterocycles. The highest BCUT2D eigenvalue weighted by molar-refractivity contribution is 5.99. The Kier molecular flexibility index (Phi) is 4.28. The molecular weight excluding hydrogens is 312 g/mol. The SMILES string of the molecule is Cn1c(C(=O)NCC(=O)N2CCC(C(N)=O)CC2)cc2occc21. The Morgan fingerprint density at radius 2 is 2.04 bits per heavy atom. The van der Waals surface area contributed by atoms with E-state index in [1.165, 1.54) is 0 Å². The van der Waals surface area contributed by atoms with E-state index >= 15 is 0 Å². The van der Waals surface area contributed by atoms with Crippen LogP contribution in [0, 0.1) is 5.92 Å². The second-order valence-electron chi connectivity index (χ2n) is 6.00. The molecule has 0 atom stereocenters. The number of rotatable bonds is 4. The number of nitrogens with zero attached hydrogens (tertiary/aromatic N) is 2. The lowest BCUT2D eigenvalue weighted by Gasteiger charge is -2.30. The number of furan rings is 1. The number of hydrogen-bond donors (Lipinski definition) is 2. The van der Waals surface area contributed by atoms with E-state index in [4.69, 9.17) is 10.2 Å². The van der Waals surface area contributed by atoms with Gasteiger partial charge in [0.2, 0.25) is 11.8 Å². The Hall–Kier alpha value is -2.77. The molecule has 0 aromatic carbocycles. The van der Waals surface area contributed by atoms with Gasteiger partial charge in [-0.05, 0) is 12.8 Å². The second-order valence-corrected chi connectivity index (χ2v) is 6.00. The van der Waals surface area contributed by atoms with Crippen molar-refractivity contribution in [2.24, 2.45) is 18.7 Å². The second kappa shape index (κ2) is 6.38. The molecule has 3 rings (SSSR count). The molecule has 24 heavy (non-hydrogen) atoms. The molecule has 1 aliphatic heterocycles. The normalized spacial score (nSPS) is 15.6. The highest BCUT2D eigenvalue weighted by Crippen LogP contribution is 2.19. The monoisotopic (exact) mass is 332 g/mol.